The first-order valence-corrected chi connectivity index (χ1v) is 9.73. The smallest absolute Gasteiger partial charge is 0.260 e. The second-order valence-electron chi connectivity index (χ2n) is 5.87. The summed E-state index contributed by atoms with van der Waals surface area (Å²) in [6.45, 7) is 0.324. The molecule has 4 aromatic rings. The highest BCUT2D eigenvalue weighted by atomic mass is 79.9. The molecule has 2 aromatic heterocycles. The second kappa shape index (κ2) is 7.54. The zero-order chi connectivity index (χ0) is 18.8. The molecule has 0 N–H and O–H groups in total. The van der Waals surface area contributed by atoms with Gasteiger partial charge in [0.25, 0.3) is 5.91 Å². The van der Waals surface area contributed by atoms with Crippen molar-refractivity contribution in [2.45, 2.75) is 6.54 Å². The third kappa shape index (κ3) is 3.89. The Labute approximate surface area is 167 Å². The molecule has 0 fully saturated rings. The number of benzene rings is 2. The van der Waals surface area contributed by atoms with Crippen LogP contribution in [0, 0.1) is 5.82 Å². The molecule has 2 aromatic carbocycles. The van der Waals surface area contributed by atoms with Crippen molar-refractivity contribution in [1.29, 1.82) is 0 Å². The number of carbonyl (C=O) groups is 1. The molecule has 0 saturated heterocycles. The maximum Gasteiger partial charge on any atom is 0.260 e. The molecule has 0 radical (unpaired) electrons. The van der Waals surface area contributed by atoms with Crippen LogP contribution in [0.25, 0.3) is 10.2 Å². The van der Waals surface area contributed by atoms with Crippen LogP contribution in [0.2, 0.25) is 0 Å². The quantitative estimate of drug-likeness (QED) is 0.423. The van der Waals surface area contributed by atoms with Gasteiger partial charge in [-0.2, -0.15) is 0 Å². The number of rotatable bonds is 4. The second-order valence-corrected chi connectivity index (χ2v) is 7.79. The minimum atomic E-state index is -0.323. The lowest BCUT2D eigenvalue weighted by atomic mass is 10.2. The summed E-state index contributed by atoms with van der Waals surface area (Å²) in [7, 11) is 0. The fourth-order valence-corrected chi connectivity index (χ4v) is 3.90. The highest BCUT2D eigenvalue weighted by Gasteiger charge is 2.22. The zero-order valence-electron chi connectivity index (χ0n) is 14.0. The molecule has 7 heteroatoms. The van der Waals surface area contributed by atoms with Gasteiger partial charge in [0.05, 0.1) is 16.8 Å². The standard InChI is InChI=1S/C20H13BrFN3OS/c21-15-5-3-14(4-6-15)19(26)25(12-13-2-1-9-23-11-13)20-24-17-8-7-16(22)10-18(17)27-20/h1-11H,12H2. The van der Waals surface area contributed by atoms with Crippen molar-refractivity contribution in [3.05, 3.63) is 88.4 Å². The fourth-order valence-electron chi connectivity index (χ4n) is 2.65. The van der Waals surface area contributed by atoms with Gasteiger partial charge in [0.15, 0.2) is 5.13 Å². The molecule has 4 rings (SSSR count). The van der Waals surface area contributed by atoms with Gasteiger partial charge in [-0.05, 0) is 54.1 Å². The van der Waals surface area contributed by atoms with Gasteiger partial charge < -0.3 is 0 Å². The van der Waals surface area contributed by atoms with Crippen molar-refractivity contribution >= 4 is 48.5 Å². The normalized spacial score (nSPS) is 10.9. The molecule has 0 unspecified atom stereocenters. The first kappa shape index (κ1) is 17.8. The van der Waals surface area contributed by atoms with E-state index >= 15 is 0 Å². The van der Waals surface area contributed by atoms with Crippen LogP contribution in [0.3, 0.4) is 0 Å². The van der Waals surface area contributed by atoms with E-state index in [1.165, 1.54) is 23.5 Å². The minimum Gasteiger partial charge on any atom is -0.279 e. The molecule has 134 valence electrons. The summed E-state index contributed by atoms with van der Waals surface area (Å²) in [5.74, 6) is -0.498. The minimum absolute atomic E-state index is 0.175. The Hall–Kier alpha value is -2.64. The average Bonchev–Trinajstić information content (AvgIpc) is 3.10. The van der Waals surface area contributed by atoms with Crippen molar-refractivity contribution in [3.63, 3.8) is 0 Å². The maximum absolute atomic E-state index is 13.5. The van der Waals surface area contributed by atoms with Crippen molar-refractivity contribution < 1.29 is 9.18 Å². The predicted octanol–water partition coefficient (Wildman–Crippen LogP) is 5.44. The van der Waals surface area contributed by atoms with Gasteiger partial charge in [-0.3, -0.25) is 14.7 Å². The van der Waals surface area contributed by atoms with Gasteiger partial charge in [-0.25, -0.2) is 9.37 Å². The van der Waals surface area contributed by atoms with Crippen LogP contribution >= 0.6 is 27.3 Å². The highest BCUT2D eigenvalue weighted by molar-refractivity contribution is 9.10. The number of amides is 1. The van der Waals surface area contributed by atoms with Crippen LogP contribution in [0.15, 0.2) is 71.5 Å². The molecule has 0 bridgehead atoms. The van der Waals surface area contributed by atoms with Crippen LogP contribution in [0.5, 0.6) is 0 Å². The van der Waals surface area contributed by atoms with E-state index in [0.717, 1.165) is 10.0 Å². The summed E-state index contributed by atoms with van der Waals surface area (Å²) in [4.78, 5) is 23.4. The van der Waals surface area contributed by atoms with Gasteiger partial charge >= 0.3 is 0 Å². The van der Waals surface area contributed by atoms with E-state index in [-0.39, 0.29) is 11.7 Å². The molecule has 2 heterocycles. The number of pyridine rings is 1. The van der Waals surface area contributed by atoms with Crippen LogP contribution < -0.4 is 4.90 Å². The molecular formula is C20H13BrFN3OS. The summed E-state index contributed by atoms with van der Waals surface area (Å²) in [6.07, 6.45) is 3.40. The summed E-state index contributed by atoms with van der Waals surface area (Å²) in [5, 5.41) is 0.521. The number of anilines is 1. The van der Waals surface area contributed by atoms with Crippen molar-refractivity contribution in [1.82, 2.24) is 9.97 Å². The van der Waals surface area contributed by atoms with Crippen LogP contribution in [0.4, 0.5) is 9.52 Å². The van der Waals surface area contributed by atoms with Gasteiger partial charge in [0, 0.05) is 22.4 Å². The van der Waals surface area contributed by atoms with Gasteiger partial charge in [-0.15, -0.1) is 0 Å². The highest BCUT2D eigenvalue weighted by Crippen LogP contribution is 2.31. The Morgan fingerprint density at radius 2 is 1.96 bits per heavy atom. The molecular weight excluding hydrogens is 429 g/mol. The average molecular weight is 442 g/mol. The number of nitrogens with zero attached hydrogens (tertiary/aromatic N) is 3. The number of hydrogen-bond acceptors (Lipinski definition) is 4. The topological polar surface area (TPSA) is 46.1 Å². The number of halogens is 2. The summed E-state index contributed by atoms with van der Waals surface area (Å²) in [5.41, 5.74) is 2.09. The molecule has 0 aliphatic heterocycles. The maximum atomic E-state index is 13.5. The van der Waals surface area contributed by atoms with Gasteiger partial charge in [0.1, 0.15) is 5.82 Å². The molecule has 0 saturated carbocycles. The van der Waals surface area contributed by atoms with Crippen molar-refractivity contribution in [2.75, 3.05) is 4.90 Å². The number of aromatic nitrogens is 2. The van der Waals surface area contributed by atoms with Crippen molar-refractivity contribution in [3.8, 4) is 0 Å². The third-order valence-corrected chi connectivity index (χ3v) is 5.54. The van der Waals surface area contributed by atoms with Crippen LogP contribution in [0.1, 0.15) is 15.9 Å². The SMILES string of the molecule is O=C(c1ccc(Br)cc1)N(Cc1cccnc1)c1nc2ccc(F)cc2s1. The Morgan fingerprint density at radius 3 is 2.70 bits per heavy atom. The molecule has 0 atom stereocenters. The van der Waals surface area contributed by atoms with E-state index in [2.05, 4.69) is 25.9 Å². The van der Waals surface area contributed by atoms with Crippen LogP contribution in [-0.2, 0) is 6.54 Å². The van der Waals surface area contributed by atoms with E-state index < -0.39 is 0 Å². The zero-order valence-corrected chi connectivity index (χ0v) is 16.4. The van der Waals surface area contributed by atoms with E-state index in [4.69, 9.17) is 0 Å². The molecule has 27 heavy (non-hydrogen) atoms. The van der Waals surface area contributed by atoms with E-state index in [0.29, 0.717) is 27.5 Å². The molecule has 0 spiro atoms. The Kier molecular flexibility index (Phi) is 4.96. The summed E-state index contributed by atoms with van der Waals surface area (Å²) >= 11 is 4.67. The summed E-state index contributed by atoms with van der Waals surface area (Å²) in [6, 6.07) is 15.3. The molecule has 4 nitrogen and oxygen atoms in total. The van der Waals surface area contributed by atoms with E-state index in [1.807, 2.05) is 24.3 Å². The van der Waals surface area contributed by atoms with Gasteiger partial charge in [0.2, 0.25) is 0 Å². The molecule has 0 aliphatic carbocycles. The number of fused-ring (bicyclic) bond motifs is 1. The number of carbonyl (C=O) groups excluding carboxylic acids is 1. The Bertz CT molecular complexity index is 1100. The summed E-state index contributed by atoms with van der Waals surface area (Å²) < 4.78 is 15.1. The first-order chi connectivity index (χ1) is 13.1. The Balaban J connectivity index is 1.76. The predicted molar refractivity (Wildman–Crippen MR) is 108 cm³/mol. The fraction of sp³-hybridized carbons (Fsp3) is 0.0500. The van der Waals surface area contributed by atoms with E-state index in [1.54, 1.807) is 35.5 Å². The lowest BCUT2D eigenvalue weighted by Crippen LogP contribution is -2.30. The third-order valence-electron chi connectivity index (χ3n) is 3.97. The van der Waals surface area contributed by atoms with Crippen LogP contribution in [-0.4, -0.2) is 15.9 Å². The first-order valence-electron chi connectivity index (χ1n) is 8.12. The largest absolute Gasteiger partial charge is 0.279 e. The van der Waals surface area contributed by atoms with Crippen molar-refractivity contribution in [2.24, 2.45) is 0 Å². The monoisotopic (exact) mass is 441 g/mol. The number of hydrogen-bond donors (Lipinski definition) is 0. The number of thiazole rings is 1. The lowest BCUT2D eigenvalue weighted by Gasteiger charge is -2.20. The Morgan fingerprint density at radius 1 is 1.15 bits per heavy atom. The lowest BCUT2D eigenvalue weighted by molar-refractivity contribution is 0.0985. The van der Waals surface area contributed by atoms with Gasteiger partial charge in [-0.1, -0.05) is 33.3 Å². The molecule has 0 aliphatic rings. The van der Waals surface area contributed by atoms with E-state index in [9.17, 15) is 9.18 Å². The molecule has 1 amide bonds.